The number of hydrogen-bond donors (Lipinski definition) is 1. The zero-order valence-electron chi connectivity index (χ0n) is 9.61. The summed E-state index contributed by atoms with van der Waals surface area (Å²) >= 11 is 11.5. The van der Waals surface area contributed by atoms with Gasteiger partial charge in [-0.3, -0.25) is 0 Å². The lowest BCUT2D eigenvalue weighted by Crippen LogP contribution is -2.10. The summed E-state index contributed by atoms with van der Waals surface area (Å²) < 4.78 is 24.0. The van der Waals surface area contributed by atoms with Crippen molar-refractivity contribution in [1.82, 2.24) is 0 Å². The van der Waals surface area contributed by atoms with E-state index in [9.17, 15) is 13.2 Å². The highest BCUT2D eigenvalue weighted by Gasteiger charge is 2.23. The maximum absolute atomic E-state index is 12.0. The van der Waals surface area contributed by atoms with Crippen LogP contribution >= 0.6 is 23.2 Å². The van der Waals surface area contributed by atoms with E-state index in [1.807, 2.05) is 6.92 Å². The molecule has 0 aliphatic heterocycles. The van der Waals surface area contributed by atoms with Crippen molar-refractivity contribution in [2.45, 2.75) is 24.7 Å². The molecule has 18 heavy (non-hydrogen) atoms. The second-order valence-corrected chi connectivity index (χ2v) is 6.64. The molecular weight excluding hydrogens is 299 g/mol. The molecule has 0 unspecified atom stereocenters. The highest BCUT2D eigenvalue weighted by Crippen LogP contribution is 2.30. The number of carboxylic acid groups (broad SMARTS) is 1. The predicted molar refractivity (Wildman–Crippen MR) is 70.4 cm³/mol. The largest absolute Gasteiger partial charge is 0.478 e. The Kier molecular flexibility index (Phi) is 5.01. The molecule has 4 nitrogen and oxygen atoms in total. The van der Waals surface area contributed by atoms with E-state index >= 15 is 0 Å². The van der Waals surface area contributed by atoms with Gasteiger partial charge in [-0.15, -0.1) is 0 Å². The molecule has 0 atom stereocenters. The van der Waals surface area contributed by atoms with Crippen LogP contribution in [0.25, 0.3) is 0 Å². The molecule has 0 saturated heterocycles. The van der Waals surface area contributed by atoms with Gasteiger partial charge < -0.3 is 5.11 Å². The molecule has 100 valence electrons. The Labute approximate surface area is 115 Å². The number of carboxylic acids is 1. The maximum atomic E-state index is 12.0. The minimum absolute atomic E-state index is 0.0341. The number of halogens is 2. The first-order valence-electron chi connectivity index (χ1n) is 5.24. The van der Waals surface area contributed by atoms with Crippen molar-refractivity contribution in [3.8, 4) is 0 Å². The average Bonchev–Trinajstić information content (AvgIpc) is 2.28. The van der Waals surface area contributed by atoms with E-state index in [2.05, 4.69) is 0 Å². The van der Waals surface area contributed by atoms with Crippen LogP contribution in [0.3, 0.4) is 0 Å². The predicted octanol–water partition coefficient (Wildman–Crippen LogP) is 3.27. The normalized spacial score (nSPS) is 11.5. The van der Waals surface area contributed by atoms with E-state index in [0.717, 1.165) is 6.07 Å². The third-order valence-corrected chi connectivity index (χ3v) is 4.89. The van der Waals surface area contributed by atoms with Crippen molar-refractivity contribution in [2.75, 3.05) is 5.75 Å². The van der Waals surface area contributed by atoms with Crippen LogP contribution in [0, 0.1) is 0 Å². The van der Waals surface area contributed by atoms with E-state index in [-0.39, 0.29) is 26.3 Å². The first-order chi connectivity index (χ1) is 8.29. The van der Waals surface area contributed by atoms with Crippen molar-refractivity contribution in [1.29, 1.82) is 0 Å². The highest BCUT2D eigenvalue weighted by atomic mass is 35.5. The Morgan fingerprint density at radius 2 is 1.94 bits per heavy atom. The van der Waals surface area contributed by atoms with Crippen molar-refractivity contribution in [3.05, 3.63) is 27.7 Å². The van der Waals surface area contributed by atoms with Crippen LogP contribution in [-0.4, -0.2) is 25.2 Å². The van der Waals surface area contributed by atoms with E-state index in [1.54, 1.807) is 0 Å². The monoisotopic (exact) mass is 310 g/mol. The summed E-state index contributed by atoms with van der Waals surface area (Å²) in [5.41, 5.74) is -0.306. The zero-order valence-corrected chi connectivity index (χ0v) is 11.9. The van der Waals surface area contributed by atoms with Crippen LogP contribution in [0.15, 0.2) is 17.0 Å². The molecule has 0 bridgehead atoms. The van der Waals surface area contributed by atoms with Crippen LogP contribution in [-0.2, 0) is 9.84 Å². The lowest BCUT2D eigenvalue weighted by Gasteiger charge is -2.09. The molecule has 1 aromatic carbocycles. The molecular formula is C11H12Cl2O4S. The molecule has 0 heterocycles. The van der Waals surface area contributed by atoms with Gasteiger partial charge in [0.05, 0.1) is 21.2 Å². The Balaban J connectivity index is 3.37. The molecule has 1 aromatic rings. The number of aromatic carboxylic acids is 1. The zero-order chi connectivity index (χ0) is 13.9. The van der Waals surface area contributed by atoms with Crippen molar-refractivity contribution >= 4 is 39.0 Å². The van der Waals surface area contributed by atoms with Gasteiger partial charge >= 0.3 is 5.97 Å². The summed E-state index contributed by atoms with van der Waals surface area (Å²) in [5.74, 6) is -1.39. The Hall–Kier alpha value is -0.780. The fourth-order valence-corrected chi connectivity index (χ4v) is 3.79. The van der Waals surface area contributed by atoms with Gasteiger partial charge in [-0.2, -0.15) is 0 Å². The van der Waals surface area contributed by atoms with E-state index in [0.29, 0.717) is 12.8 Å². The quantitative estimate of drug-likeness (QED) is 0.906. The molecule has 0 radical (unpaired) electrons. The van der Waals surface area contributed by atoms with Crippen LogP contribution in [0.2, 0.25) is 10.0 Å². The molecule has 0 amide bonds. The highest BCUT2D eigenvalue weighted by molar-refractivity contribution is 7.91. The van der Waals surface area contributed by atoms with Crippen LogP contribution in [0.5, 0.6) is 0 Å². The van der Waals surface area contributed by atoms with Gasteiger partial charge in [0.25, 0.3) is 0 Å². The summed E-state index contributed by atoms with van der Waals surface area (Å²) in [6.45, 7) is 1.86. The number of carbonyl (C=O) groups is 1. The van der Waals surface area contributed by atoms with Crippen molar-refractivity contribution in [3.63, 3.8) is 0 Å². The Bertz CT molecular complexity index is 567. The van der Waals surface area contributed by atoms with Crippen LogP contribution < -0.4 is 0 Å². The van der Waals surface area contributed by atoms with Gasteiger partial charge in [0.2, 0.25) is 0 Å². The van der Waals surface area contributed by atoms with Gasteiger partial charge in [0.1, 0.15) is 0 Å². The Morgan fingerprint density at radius 3 is 2.44 bits per heavy atom. The van der Waals surface area contributed by atoms with Crippen LogP contribution in [0.1, 0.15) is 30.1 Å². The standard InChI is InChI=1S/C11H12Cl2O4S/c1-2-3-4-18(16,17)9-6-7(12)5-8(10(9)13)11(14)15/h5-6H,2-4H2,1H3,(H,14,15). The third kappa shape index (κ3) is 3.37. The number of benzene rings is 1. The SMILES string of the molecule is CCCCS(=O)(=O)c1cc(Cl)cc(C(=O)O)c1Cl. The van der Waals surface area contributed by atoms with E-state index in [4.69, 9.17) is 28.3 Å². The minimum Gasteiger partial charge on any atom is -0.478 e. The van der Waals surface area contributed by atoms with Gasteiger partial charge in [0, 0.05) is 5.02 Å². The number of hydrogen-bond acceptors (Lipinski definition) is 3. The van der Waals surface area contributed by atoms with Gasteiger partial charge in [-0.05, 0) is 18.6 Å². The molecule has 7 heteroatoms. The summed E-state index contributed by atoms with van der Waals surface area (Å²) in [6.07, 6.45) is 1.19. The second kappa shape index (κ2) is 5.91. The number of rotatable bonds is 5. The third-order valence-electron chi connectivity index (χ3n) is 2.34. The summed E-state index contributed by atoms with van der Waals surface area (Å²) in [4.78, 5) is 10.7. The van der Waals surface area contributed by atoms with Gasteiger partial charge in [-0.1, -0.05) is 36.5 Å². The molecule has 1 rings (SSSR count). The Morgan fingerprint density at radius 1 is 1.33 bits per heavy atom. The fourth-order valence-electron chi connectivity index (χ4n) is 1.39. The van der Waals surface area contributed by atoms with E-state index in [1.165, 1.54) is 6.07 Å². The molecule has 0 saturated carbocycles. The molecule has 0 fully saturated rings. The van der Waals surface area contributed by atoms with Gasteiger partial charge in [0.15, 0.2) is 9.84 Å². The summed E-state index contributed by atoms with van der Waals surface area (Å²) in [5, 5.41) is 8.66. The number of unbranched alkanes of at least 4 members (excludes halogenated alkanes) is 1. The summed E-state index contributed by atoms with van der Waals surface area (Å²) in [6, 6.07) is 2.31. The van der Waals surface area contributed by atoms with Crippen molar-refractivity contribution in [2.24, 2.45) is 0 Å². The van der Waals surface area contributed by atoms with E-state index < -0.39 is 15.8 Å². The first-order valence-corrected chi connectivity index (χ1v) is 7.65. The maximum Gasteiger partial charge on any atom is 0.337 e. The lowest BCUT2D eigenvalue weighted by atomic mass is 10.2. The van der Waals surface area contributed by atoms with Crippen LogP contribution in [0.4, 0.5) is 0 Å². The number of sulfone groups is 1. The minimum atomic E-state index is -3.61. The first kappa shape index (κ1) is 15.3. The van der Waals surface area contributed by atoms with Gasteiger partial charge in [-0.25, -0.2) is 13.2 Å². The second-order valence-electron chi connectivity index (χ2n) is 3.74. The molecule has 0 aromatic heterocycles. The van der Waals surface area contributed by atoms with Crippen molar-refractivity contribution < 1.29 is 18.3 Å². The molecule has 0 aliphatic carbocycles. The fraction of sp³-hybridized carbons (Fsp3) is 0.364. The molecule has 1 N–H and O–H groups in total. The average molecular weight is 311 g/mol. The molecule has 0 aliphatic rings. The molecule has 0 spiro atoms. The topological polar surface area (TPSA) is 71.4 Å². The smallest absolute Gasteiger partial charge is 0.337 e. The summed E-state index contributed by atoms with van der Waals surface area (Å²) in [7, 11) is -3.61. The lowest BCUT2D eigenvalue weighted by molar-refractivity contribution is 0.0697.